The van der Waals surface area contributed by atoms with E-state index in [1.54, 1.807) is 12.1 Å². The zero-order chi connectivity index (χ0) is 14.3. The smallest absolute Gasteiger partial charge is 0.366 e. The predicted molar refractivity (Wildman–Crippen MR) is 66.5 cm³/mol. The third kappa shape index (κ3) is 7.79. The third-order valence-electron chi connectivity index (χ3n) is 2.24. The fraction of sp³-hybridized carbons (Fsp3) is 0.615. The summed E-state index contributed by atoms with van der Waals surface area (Å²) in [7, 11) is 0. The Morgan fingerprint density at radius 1 is 1.26 bits per heavy atom. The van der Waals surface area contributed by atoms with Crippen LogP contribution in [-0.4, -0.2) is 24.3 Å². The average molecular weight is 276 g/mol. The number of alkyl halides is 3. The summed E-state index contributed by atoms with van der Waals surface area (Å²) in [6.07, 6.45) is -4.30. The molecule has 108 valence electrons. The lowest BCUT2D eigenvalue weighted by atomic mass is 10.2. The van der Waals surface area contributed by atoms with Crippen LogP contribution < -0.4 is 5.32 Å². The number of halogens is 3. The van der Waals surface area contributed by atoms with Gasteiger partial charge in [0.2, 0.25) is 0 Å². The maximum absolute atomic E-state index is 11.9. The summed E-state index contributed by atoms with van der Waals surface area (Å²) in [6.45, 7) is 4.30. The molecule has 0 spiro atoms. The molecule has 1 aromatic rings. The van der Waals surface area contributed by atoms with Gasteiger partial charge in [0, 0.05) is 6.54 Å². The fourth-order valence-corrected chi connectivity index (χ4v) is 1.47. The zero-order valence-electron chi connectivity index (χ0n) is 11.1. The number of aromatic nitrogens is 1. The van der Waals surface area contributed by atoms with Crippen LogP contribution in [-0.2, 0) is 17.9 Å². The van der Waals surface area contributed by atoms with Crippen molar-refractivity contribution < 1.29 is 17.9 Å². The van der Waals surface area contributed by atoms with Gasteiger partial charge in [-0.1, -0.05) is 19.9 Å². The highest BCUT2D eigenvalue weighted by Gasteiger charge is 2.27. The molecular formula is C13H19F3N2O. The first kappa shape index (κ1) is 15.9. The highest BCUT2D eigenvalue weighted by molar-refractivity contribution is 5.10. The summed E-state index contributed by atoms with van der Waals surface area (Å²) in [5, 5.41) is 3.23. The largest absolute Gasteiger partial charge is 0.411 e. The monoisotopic (exact) mass is 276 g/mol. The topological polar surface area (TPSA) is 34.1 Å². The van der Waals surface area contributed by atoms with E-state index in [0.29, 0.717) is 18.2 Å². The third-order valence-corrected chi connectivity index (χ3v) is 2.24. The highest BCUT2D eigenvalue weighted by atomic mass is 19.4. The van der Waals surface area contributed by atoms with Crippen molar-refractivity contribution in [2.24, 2.45) is 5.92 Å². The molecule has 0 amide bonds. The lowest BCUT2D eigenvalue weighted by Crippen LogP contribution is -2.20. The molecule has 6 heteroatoms. The van der Waals surface area contributed by atoms with Crippen LogP contribution in [0.1, 0.15) is 25.2 Å². The van der Waals surface area contributed by atoms with Gasteiger partial charge in [-0.15, -0.1) is 0 Å². The molecule has 0 unspecified atom stereocenters. The van der Waals surface area contributed by atoms with Crippen molar-refractivity contribution in [3.63, 3.8) is 0 Å². The van der Waals surface area contributed by atoms with Gasteiger partial charge >= 0.3 is 6.18 Å². The summed E-state index contributed by atoms with van der Waals surface area (Å²) >= 11 is 0. The van der Waals surface area contributed by atoms with Gasteiger partial charge < -0.3 is 10.1 Å². The van der Waals surface area contributed by atoms with Crippen LogP contribution >= 0.6 is 0 Å². The maximum Gasteiger partial charge on any atom is 0.411 e. The first-order valence-electron chi connectivity index (χ1n) is 6.17. The van der Waals surface area contributed by atoms with E-state index in [0.717, 1.165) is 12.2 Å². The summed E-state index contributed by atoms with van der Waals surface area (Å²) in [6, 6.07) is 5.26. The predicted octanol–water partition coefficient (Wildman–Crippen LogP) is 2.91. The Labute approximate surface area is 111 Å². The maximum atomic E-state index is 11.9. The number of ether oxygens (including phenoxy) is 1. The number of nitrogens with one attached hydrogen (secondary N) is 1. The van der Waals surface area contributed by atoms with Crippen molar-refractivity contribution in [1.29, 1.82) is 0 Å². The quantitative estimate of drug-likeness (QED) is 0.831. The molecule has 19 heavy (non-hydrogen) atoms. The van der Waals surface area contributed by atoms with E-state index < -0.39 is 12.8 Å². The number of pyridine rings is 1. The van der Waals surface area contributed by atoms with Gasteiger partial charge in [0.25, 0.3) is 0 Å². The standard InChI is InChI=1S/C13H19F3N2O/c1-10(2)6-17-7-11-4-3-5-12(18-11)8-19-9-13(14,15)16/h3-5,10,17H,6-9H2,1-2H3. The minimum Gasteiger partial charge on any atom is -0.366 e. The van der Waals surface area contributed by atoms with E-state index in [4.69, 9.17) is 0 Å². The first-order valence-corrected chi connectivity index (χ1v) is 6.17. The summed E-state index contributed by atoms with van der Waals surface area (Å²) < 4.78 is 40.3. The molecule has 0 aliphatic rings. The van der Waals surface area contributed by atoms with Crippen LogP contribution in [0.4, 0.5) is 13.2 Å². The minimum atomic E-state index is -4.30. The Kier molecular flexibility index (Phi) is 6.24. The van der Waals surface area contributed by atoms with Crippen molar-refractivity contribution in [1.82, 2.24) is 10.3 Å². The van der Waals surface area contributed by atoms with Crippen molar-refractivity contribution in [2.75, 3.05) is 13.2 Å². The molecule has 0 radical (unpaired) electrons. The first-order chi connectivity index (χ1) is 8.87. The molecule has 0 fully saturated rings. The Morgan fingerprint density at radius 3 is 2.58 bits per heavy atom. The normalized spacial score (nSPS) is 12.1. The second-order valence-electron chi connectivity index (χ2n) is 4.75. The molecule has 0 saturated heterocycles. The molecule has 0 saturated carbocycles. The van der Waals surface area contributed by atoms with E-state index in [1.165, 1.54) is 0 Å². The van der Waals surface area contributed by atoms with Crippen LogP contribution in [0.15, 0.2) is 18.2 Å². The van der Waals surface area contributed by atoms with Crippen LogP contribution in [0.2, 0.25) is 0 Å². The summed E-state index contributed by atoms with van der Waals surface area (Å²) in [4.78, 5) is 4.23. The number of nitrogens with zero attached hydrogens (tertiary/aromatic N) is 1. The van der Waals surface area contributed by atoms with E-state index >= 15 is 0 Å². The minimum absolute atomic E-state index is 0.127. The SMILES string of the molecule is CC(C)CNCc1cccc(COCC(F)(F)F)n1. The molecule has 1 rings (SSSR count). The molecule has 3 nitrogen and oxygen atoms in total. The van der Waals surface area contributed by atoms with E-state index in [-0.39, 0.29) is 6.61 Å². The average Bonchev–Trinajstić information content (AvgIpc) is 2.27. The second kappa shape index (κ2) is 7.45. The van der Waals surface area contributed by atoms with Gasteiger partial charge in [-0.2, -0.15) is 13.2 Å². The number of rotatable bonds is 7. The van der Waals surface area contributed by atoms with Crippen molar-refractivity contribution in [2.45, 2.75) is 33.2 Å². The number of hydrogen-bond donors (Lipinski definition) is 1. The Bertz CT molecular complexity index is 380. The molecule has 0 aliphatic heterocycles. The Morgan fingerprint density at radius 2 is 1.95 bits per heavy atom. The van der Waals surface area contributed by atoms with Crippen molar-refractivity contribution in [3.05, 3.63) is 29.6 Å². The van der Waals surface area contributed by atoms with Crippen LogP contribution in [0.25, 0.3) is 0 Å². The zero-order valence-corrected chi connectivity index (χ0v) is 11.1. The molecule has 1 N–H and O–H groups in total. The van der Waals surface area contributed by atoms with Crippen molar-refractivity contribution in [3.8, 4) is 0 Å². The molecule has 1 heterocycles. The number of hydrogen-bond acceptors (Lipinski definition) is 3. The van der Waals surface area contributed by atoms with Gasteiger partial charge in [0.05, 0.1) is 18.0 Å². The lowest BCUT2D eigenvalue weighted by Gasteiger charge is -2.09. The molecule has 0 atom stereocenters. The molecule has 0 aromatic carbocycles. The van der Waals surface area contributed by atoms with Crippen LogP contribution in [0.3, 0.4) is 0 Å². The second-order valence-corrected chi connectivity index (χ2v) is 4.75. The molecular weight excluding hydrogens is 257 g/mol. The highest BCUT2D eigenvalue weighted by Crippen LogP contribution is 2.15. The van der Waals surface area contributed by atoms with E-state index in [2.05, 4.69) is 28.9 Å². The van der Waals surface area contributed by atoms with Gasteiger partial charge in [0.1, 0.15) is 6.61 Å². The summed E-state index contributed by atoms with van der Waals surface area (Å²) in [5.74, 6) is 0.540. The van der Waals surface area contributed by atoms with Gasteiger partial charge in [-0.3, -0.25) is 4.98 Å². The molecule has 1 aromatic heterocycles. The fourth-order valence-electron chi connectivity index (χ4n) is 1.47. The lowest BCUT2D eigenvalue weighted by molar-refractivity contribution is -0.176. The Hall–Kier alpha value is -1.14. The van der Waals surface area contributed by atoms with Crippen LogP contribution in [0.5, 0.6) is 0 Å². The van der Waals surface area contributed by atoms with E-state index in [1.807, 2.05) is 6.07 Å². The Balaban J connectivity index is 2.39. The molecule has 0 bridgehead atoms. The van der Waals surface area contributed by atoms with Crippen LogP contribution in [0, 0.1) is 5.92 Å². The molecule has 0 aliphatic carbocycles. The summed E-state index contributed by atoms with van der Waals surface area (Å²) in [5.41, 5.74) is 1.31. The van der Waals surface area contributed by atoms with Gasteiger partial charge in [0.15, 0.2) is 0 Å². The van der Waals surface area contributed by atoms with Gasteiger partial charge in [-0.25, -0.2) is 0 Å². The van der Waals surface area contributed by atoms with E-state index in [9.17, 15) is 13.2 Å². The van der Waals surface area contributed by atoms with Crippen molar-refractivity contribution >= 4 is 0 Å². The van der Waals surface area contributed by atoms with Gasteiger partial charge in [-0.05, 0) is 24.6 Å².